The zero-order valence-corrected chi connectivity index (χ0v) is 11.0. The Labute approximate surface area is 105 Å². The average molecular weight is 266 g/mol. The number of rotatable bonds is 2. The fraction of sp³-hybridized carbons (Fsp3) is 0.917. The maximum absolute atomic E-state index is 12.6. The smallest absolute Gasteiger partial charge is 0.351 e. The molecule has 0 aromatic rings. The van der Waals surface area contributed by atoms with Crippen LogP contribution in [-0.2, 0) is 4.79 Å². The Kier molecular flexibility index (Phi) is 4.30. The number of halogens is 3. The van der Waals surface area contributed by atoms with Crippen LogP contribution in [0.3, 0.4) is 0 Å². The predicted octanol–water partition coefficient (Wildman–Crippen LogP) is 2.21. The van der Waals surface area contributed by atoms with Crippen molar-refractivity contribution < 1.29 is 18.0 Å². The van der Waals surface area contributed by atoms with Gasteiger partial charge in [0, 0.05) is 6.04 Å². The summed E-state index contributed by atoms with van der Waals surface area (Å²) >= 11 is 0. The van der Waals surface area contributed by atoms with Crippen LogP contribution >= 0.6 is 0 Å². The lowest BCUT2D eigenvalue weighted by Crippen LogP contribution is -2.63. The van der Waals surface area contributed by atoms with Crippen LogP contribution in [0.5, 0.6) is 0 Å². The largest absolute Gasteiger partial charge is 0.415 e. The molecule has 18 heavy (non-hydrogen) atoms. The molecule has 0 aromatic carbocycles. The van der Waals surface area contributed by atoms with Crippen molar-refractivity contribution in [2.45, 2.75) is 57.8 Å². The van der Waals surface area contributed by atoms with Gasteiger partial charge >= 0.3 is 6.18 Å². The fourth-order valence-electron chi connectivity index (χ4n) is 2.14. The van der Waals surface area contributed by atoms with E-state index in [1.807, 2.05) is 6.92 Å². The quantitative estimate of drug-likeness (QED) is 0.805. The average Bonchev–Trinajstić information content (AvgIpc) is 2.21. The van der Waals surface area contributed by atoms with E-state index in [1.165, 1.54) is 0 Å². The van der Waals surface area contributed by atoms with Crippen molar-refractivity contribution in [1.82, 2.24) is 5.32 Å². The molecule has 4 unspecified atom stereocenters. The van der Waals surface area contributed by atoms with Crippen LogP contribution in [0, 0.1) is 11.8 Å². The number of alkyl halides is 3. The van der Waals surface area contributed by atoms with Crippen LogP contribution in [0.4, 0.5) is 13.2 Å². The maximum atomic E-state index is 12.6. The van der Waals surface area contributed by atoms with E-state index in [4.69, 9.17) is 5.73 Å². The first-order chi connectivity index (χ1) is 8.05. The van der Waals surface area contributed by atoms with E-state index in [-0.39, 0.29) is 6.04 Å². The van der Waals surface area contributed by atoms with Gasteiger partial charge in [-0.15, -0.1) is 0 Å². The summed E-state index contributed by atoms with van der Waals surface area (Å²) < 4.78 is 37.8. The molecular weight excluding hydrogens is 245 g/mol. The van der Waals surface area contributed by atoms with Crippen molar-refractivity contribution in [3.8, 4) is 0 Å². The number of hydrogen-bond donors (Lipinski definition) is 2. The van der Waals surface area contributed by atoms with Crippen molar-refractivity contribution >= 4 is 5.91 Å². The molecule has 0 saturated heterocycles. The first kappa shape index (κ1) is 15.3. The standard InChI is InChI=1S/C12H21F3N2O/c1-7-4-5-9(6-8(7)2)17-10(18)11(3,16)12(13,14)15/h7-9H,4-6,16H2,1-3H3,(H,17,18). The van der Waals surface area contributed by atoms with E-state index < -0.39 is 17.6 Å². The lowest BCUT2D eigenvalue weighted by molar-refractivity contribution is -0.188. The monoisotopic (exact) mass is 266 g/mol. The Bertz CT molecular complexity index is 315. The Morgan fingerprint density at radius 3 is 2.22 bits per heavy atom. The molecule has 0 heterocycles. The third-order valence-electron chi connectivity index (χ3n) is 3.99. The third-order valence-corrected chi connectivity index (χ3v) is 3.99. The molecule has 1 rings (SSSR count). The molecule has 6 heteroatoms. The molecule has 1 aliphatic rings. The van der Waals surface area contributed by atoms with E-state index >= 15 is 0 Å². The summed E-state index contributed by atoms with van der Waals surface area (Å²) in [5, 5.41) is 2.43. The van der Waals surface area contributed by atoms with Gasteiger partial charge in [-0.05, 0) is 38.0 Å². The third kappa shape index (κ3) is 3.16. The van der Waals surface area contributed by atoms with Crippen LogP contribution in [0.2, 0.25) is 0 Å². The SMILES string of the molecule is CC1CCC(NC(=O)C(C)(N)C(F)(F)F)CC1C. The summed E-state index contributed by atoms with van der Waals surface area (Å²) in [6.45, 7) is 4.87. The topological polar surface area (TPSA) is 55.1 Å². The summed E-state index contributed by atoms with van der Waals surface area (Å²) in [6, 6.07) is -0.200. The van der Waals surface area contributed by atoms with Gasteiger partial charge in [-0.2, -0.15) is 13.2 Å². The minimum absolute atomic E-state index is 0.200. The van der Waals surface area contributed by atoms with Gasteiger partial charge in [0.15, 0.2) is 5.54 Å². The second kappa shape index (κ2) is 5.07. The van der Waals surface area contributed by atoms with Gasteiger partial charge in [-0.25, -0.2) is 0 Å². The van der Waals surface area contributed by atoms with Gasteiger partial charge in [0.1, 0.15) is 0 Å². The van der Waals surface area contributed by atoms with Gasteiger partial charge in [0.05, 0.1) is 0 Å². The van der Waals surface area contributed by atoms with Crippen molar-refractivity contribution in [1.29, 1.82) is 0 Å². The molecule has 1 aliphatic carbocycles. The lowest BCUT2D eigenvalue weighted by Gasteiger charge is -2.35. The zero-order chi connectivity index (χ0) is 14.1. The molecular formula is C12H21F3N2O. The van der Waals surface area contributed by atoms with Crippen molar-refractivity contribution in [2.75, 3.05) is 0 Å². The van der Waals surface area contributed by atoms with E-state index in [0.717, 1.165) is 6.42 Å². The van der Waals surface area contributed by atoms with Crippen molar-refractivity contribution in [2.24, 2.45) is 17.6 Å². The molecule has 4 atom stereocenters. The van der Waals surface area contributed by atoms with E-state index in [2.05, 4.69) is 12.2 Å². The van der Waals surface area contributed by atoms with Crippen LogP contribution in [0.1, 0.15) is 40.0 Å². The molecule has 0 spiro atoms. The van der Waals surface area contributed by atoms with Gasteiger partial charge in [0.25, 0.3) is 0 Å². The zero-order valence-electron chi connectivity index (χ0n) is 11.0. The van der Waals surface area contributed by atoms with E-state index in [9.17, 15) is 18.0 Å². The highest BCUT2D eigenvalue weighted by atomic mass is 19.4. The summed E-state index contributed by atoms with van der Waals surface area (Å²) in [4.78, 5) is 11.6. The highest BCUT2D eigenvalue weighted by Crippen LogP contribution is 2.31. The van der Waals surface area contributed by atoms with E-state index in [1.54, 1.807) is 0 Å². The molecule has 1 fully saturated rings. The highest BCUT2D eigenvalue weighted by Gasteiger charge is 2.54. The van der Waals surface area contributed by atoms with Crippen molar-refractivity contribution in [3.05, 3.63) is 0 Å². The first-order valence-corrected chi connectivity index (χ1v) is 6.22. The number of carbonyl (C=O) groups is 1. The minimum Gasteiger partial charge on any atom is -0.351 e. The predicted molar refractivity (Wildman–Crippen MR) is 62.8 cm³/mol. The van der Waals surface area contributed by atoms with Gasteiger partial charge in [-0.1, -0.05) is 13.8 Å². The Hall–Kier alpha value is -0.780. The number of hydrogen-bond acceptors (Lipinski definition) is 2. The molecule has 3 N–H and O–H groups in total. The Morgan fingerprint density at radius 1 is 1.22 bits per heavy atom. The summed E-state index contributed by atoms with van der Waals surface area (Å²) in [7, 11) is 0. The molecule has 0 aromatic heterocycles. The van der Waals surface area contributed by atoms with Gasteiger partial charge < -0.3 is 11.1 Å². The number of carbonyl (C=O) groups excluding carboxylic acids is 1. The molecule has 1 saturated carbocycles. The molecule has 1 amide bonds. The normalized spacial score (nSPS) is 32.7. The second-order valence-corrected chi connectivity index (χ2v) is 5.64. The van der Waals surface area contributed by atoms with E-state index in [0.29, 0.717) is 31.6 Å². The van der Waals surface area contributed by atoms with Gasteiger partial charge in [-0.3, -0.25) is 4.79 Å². The molecule has 0 radical (unpaired) electrons. The summed E-state index contributed by atoms with van der Waals surface area (Å²) in [5.41, 5.74) is 2.26. The van der Waals surface area contributed by atoms with Crippen LogP contribution in [0.15, 0.2) is 0 Å². The Balaban J connectivity index is 2.61. The number of amides is 1. The minimum atomic E-state index is -4.73. The molecule has 3 nitrogen and oxygen atoms in total. The lowest BCUT2D eigenvalue weighted by atomic mass is 9.79. The van der Waals surface area contributed by atoms with Crippen LogP contribution < -0.4 is 11.1 Å². The number of nitrogens with two attached hydrogens (primary N) is 1. The summed E-state index contributed by atoms with van der Waals surface area (Å²) in [5.74, 6) is -0.189. The first-order valence-electron chi connectivity index (χ1n) is 6.22. The highest BCUT2D eigenvalue weighted by molar-refractivity contribution is 5.86. The Morgan fingerprint density at radius 2 is 1.78 bits per heavy atom. The van der Waals surface area contributed by atoms with Crippen LogP contribution in [-0.4, -0.2) is 23.7 Å². The molecule has 106 valence electrons. The maximum Gasteiger partial charge on any atom is 0.415 e. The second-order valence-electron chi connectivity index (χ2n) is 5.64. The summed E-state index contributed by atoms with van der Waals surface area (Å²) in [6.07, 6.45) is -2.39. The van der Waals surface area contributed by atoms with Gasteiger partial charge in [0.2, 0.25) is 5.91 Å². The molecule has 0 bridgehead atoms. The van der Waals surface area contributed by atoms with Crippen molar-refractivity contribution in [3.63, 3.8) is 0 Å². The number of nitrogens with one attached hydrogen (secondary N) is 1. The van der Waals surface area contributed by atoms with Crippen LogP contribution in [0.25, 0.3) is 0 Å². The fourth-order valence-corrected chi connectivity index (χ4v) is 2.14. The molecule has 0 aliphatic heterocycles.